The zero-order valence-corrected chi connectivity index (χ0v) is 17.8. The molecule has 0 heterocycles. The summed E-state index contributed by atoms with van der Waals surface area (Å²) in [6.45, 7) is 2.60. The number of carbonyl (C=O) groups excluding carboxylic acids is 1. The molecular formula is C23H24Cl2N2O2. The van der Waals surface area contributed by atoms with Gasteiger partial charge in [0.05, 0.1) is 6.21 Å². The fourth-order valence-electron chi connectivity index (χ4n) is 4.54. The minimum absolute atomic E-state index is 0.0513. The molecule has 3 atom stereocenters. The van der Waals surface area contributed by atoms with E-state index in [4.69, 9.17) is 27.9 Å². The first-order valence-corrected chi connectivity index (χ1v) is 10.7. The molecule has 29 heavy (non-hydrogen) atoms. The van der Waals surface area contributed by atoms with E-state index >= 15 is 0 Å². The van der Waals surface area contributed by atoms with Crippen molar-refractivity contribution in [3.05, 3.63) is 63.6 Å². The van der Waals surface area contributed by atoms with Gasteiger partial charge in [-0.2, -0.15) is 5.10 Å². The van der Waals surface area contributed by atoms with Crippen LogP contribution in [0.15, 0.2) is 47.6 Å². The van der Waals surface area contributed by atoms with E-state index in [0.29, 0.717) is 22.6 Å². The summed E-state index contributed by atoms with van der Waals surface area (Å²) in [5, 5.41) is 5.33. The second-order valence-corrected chi connectivity index (χ2v) is 9.01. The maximum absolute atomic E-state index is 12.4. The number of fused-ring (bicyclic) bond motifs is 1. The molecule has 1 N–H and O–H groups in total. The number of nitrogens with one attached hydrogen (secondary N) is 1. The third-order valence-corrected chi connectivity index (χ3v) is 6.88. The topological polar surface area (TPSA) is 50.7 Å². The largest absolute Gasteiger partial charge is 0.489 e. The van der Waals surface area contributed by atoms with E-state index in [2.05, 4.69) is 17.5 Å². The van der Waals surface area contributed by atoms with E-state index in [1.165, 1.54) is 19.3 Å². The number of hydrogen-bond donors (Lipinski definition) is 1. The average Bonchev–Trinajstić information content (AvgIpc) is 3.34. The maximum Gasteiger partial charge on any atom is 0.244 e. The Bertz CT molecular complexity index is 929. The van der Waals surface area contributed by atoms with Gasteiger partial charge in [0.15, 0.2) is 0 Å². The highest BCUT2D eigenvalue weighted by molar-refractivity contribution is 6.35. The molecule has 0 unspecified atom stereocenters. The van der Waals surface area contributed by atoms with Crippen LogP contribution in [0.25, 0.3) is 0 Å². The summed E-state index contributed by atoms with van der Waals surface area (Å²) in [6.07, 6.45) is 6.46. The van der Waals surface area contributed by atoms with Crippen LogP contribution in [0.5, 0.6) is 5.75 Å². The van der Waals surface area contributed by atoms with Gasteiger partial charge in [-0.15, -0.1) is 0 Å². The Morgan fingerprint density at radius 3 is 2.72 bits per heavy atom. The van der Waals surface area contributed by atoms with Gasteiger partial charge in [-0.3, -0.25) is 4.79 Å². The van der Waals surface area contributed by atoms with Crippen molar-refractivity contribution >= 4 is 35.3 Å². The van der Waals surface area contributed by atoms with Crippen molar-refractivity contribution < 1.29 is 9.53 Å². The Morgan fingerprint density at radius 2 is 2.03 bits per heavy atom. The van der Waals surface area contributed by atoms with Crippen molar-refractivity contribution in [1.82, 2.24) is 5.43 Å². The minimum atomic E-state index is 0.0513. The van der Waals surface area contributed by atoms with Crippen LogP contribution in [0, 0.1) is 17.3 Å². The highest BCUT2D eigenvalue weighted by Gasteiger charge is 2.64. The molecule has 2 aliphatic rings. The van der Waals surface area contributed by atoms with Gasteiger partial charge in [0.25, 0.3) is 0 Å². The van der Waals surface area contributed by atoms with Crippen molar-refractivity contribution in [1.29, 1.82) is 0 Å². The van der Waals surface area contributed by atoms with Crippen LogP contribution in [-0.2, 0) is 11.4 Å². The monoisotopic (exact) mass is 430 g/mol. The summed E-state index contributed by atoms with van der Waals surface area (Å²) < 4.78 is 5.77. The minimum Gasteiger partial charge on any atom is -0.489 e. The number of amides is 1. The lowest BCUT2D eigenvalue weighted by Gasteiger charge is -2.15. The van der Waals surface area contributed by atoms with Crippen molar-refractivity contribution in [2.24, 2.45) is 22.4 Å². The summed E-state index contributed by atoms with van der Waals surface area (Å²) in [7, 11) is 0. The highest BCUT2D eigenvalue weighted by Crippen LogP contribution is 2.66. The van der Waals surface area contributed by atoms with E-state index in [-0.39, 0.29) is 17.2 Å². The summed E-state index contributed by atoms with van der Waals surface area (Å²) in [6, 6.07) is 12.9. The Balaban J connectivity index is 1.27. The van der Waals surface area contributed by atoms with Gasteiger partial charge < -0.3 is 4.74 Å². The lowest BCUT2D eigenvalue weighted by Crippen LogP contribution is -2.22. The number of hydrogen-bond acceptors (Lipinski definition) is 3. The third-order valence-electron chi connectivity index (χ3n) is 6.29. The van der Waals surface area contributed by atoms with Gasteiger partial charge in [0.2, 0.25) is 5.91 Å². The van der Waals surface area contributed by atoms with Crippen molar-refractivity contribution in [3.8, 4) is 5.75 Å². The first-order chi connectivity index (χ1) is 14.0. The van der Waals surface area contributed by atoms with Crippen molar-refractivity contribution in [2.45, 2.75) is 39.2 Å². The van der Waals surface area contributed by atoms with E-state index in [1.54, 1.807) is 18.3 Å². The van der Waals surface area contributed by atoms with Crippen LogP contribution in [0.2, 0.25) is 10.0 Å². The summed E-state index contributed by atoms with van der Waals surface area (Å²) in [5.41, 5.74) is 4.68. The smallest absolute Gasteiger partial charge is 0.244 e. The summed E-state index contributed by atoms with van der Waals surface area (Å²) in [5.74, 6) is 1.44. The van der Waals surface area contributed by atoms with E-state index in [9.17, 15) is 4.79 Å². The molecule has 2 aliphatic carbocycles. The molecule has 0 aromatic heterocycles. The Morgan fingerprint density at radius 1 is 1.24 bits per heavy atom. The number of rotatable bonds is 6. The molecule has 4 rings (SSSR count). The Kier molecular flexibility index (Phi) is 5.84. The second-order valence-electron chi connectivity index (χ2n) is 8.16. The lowest BCUT2D eigenvalue weighted by atomic mass is 9.90. The Labute approximate surface area is 181 Å². The molecule has 2 fully saturated rings. The van der Waals surface area contributed by atoms with Gasteiger partial charge in [-0.05, 0) is 66.1 Å². The molecule has 2 aromatic carbocycles. The van der Waals surface area contributed by atoms with Gasteiger partial charge in [0, 0.05) is 21.5 Å². The predicted octanol–water partition coefficient (Wildman–Crippen LogP) is 5.85. The van der Waals surface area contributed by atoms with Crippen LogP contribution < -0.4 is 10.2 Å². The number of ether oxygens (including phenoxy) is 1. The number of nitrogens with zero attached hydrogens (tertiary/aromatic N) is 1. The van der Waals surface area contributed by atoms with Crippen LogP contribution in [0.3, 0.4) is 0 Å². The van der Waals surface area contributed by atoms with Crippen molar-refractivity contribution in [3.63, 3.8) is 0 Å². The summed E-state index contributed by atoms with van der Waals surface area (Å²) >= 11 is 12.1. The van der Waals surface area contributed by atoms with Gasteiger partial charge >= 0.3 is 0 Å². The molecule has 0 saturated heterocycles. The van der Waals surface area contributed by atoms with Crippen molar-refractivity contribution in [2.75, 3.05) is 0 Å². The standard InChI is InChI=1S/C23H24Cl2N2O2/c1-23-11-3-2-4-19(23)21(23)22(28)27-26-13-15-5-9-18(10-6-15)29-14-16-7-8-17(24)12-20(16)25/h5-10,12-13,19,21H,2-4,11,14H2,1H3,(H,27,28)/b26-13+/t19-,21+,23+/m1/s1. The fraction of sp³-hybridized carbons (Fsp3) is 0.391. The van der Waals surface area contributed by atoms with E-state index < -0.39 is 0 Å². The molecule has 6 heteroatoms. The molecule has 2 aromatic rings. The zero-order chi connectivity index (χ0) is 20.4. The predicted molar refractivity (Wildman–Crippen MR) is 117 cm³/mol. The van der Waals surface area contributed by atoms with Crippen LogP contribution in [0.1, 0.15) is 43.7 Å². The molecule has 4 nitrogen and oxygen atoms in total. The second kappa shape index (κ2) is 8.37. The van der Waals surface area contributed by atoms with Crippen LogP contribution >= 0.6 is 23.2 Å². The Hall–Kier alpha value is -2.04. The number of carbonyl (C=O) groups is 1. The molecule has 1 amide bonds. The van der Waals surface area contributed by atoms with Crippen LogP contribution in [-0.4, -0.2) is 12.1 Å². The molecule has 0 spiro atoms. The maximum atomic E-state index is 12.4. The molecule has 2 saturated carbocycles. The normalized spacial score (nSPS) is 25.5. The average molecular weight is 431 g/mol. The van der Waals surface area contributed by atoms with Gasteiger partial charge in [0.1, 0.15) is 12.4 Å². The number of halogens is 2. The van der Waals surface area contributed by atoms with Gasteiger partial charge in [-0.25, -0.2) is 5.43 Å². The quantitative estimate of drug-likeness (QED) is 0.461. The van der Waals surface area contributed by atoms with E-state index in [1.807, 2.05) is 30.3 Å². The SMILES string of the molecule is C[C@]12CCCC[C@@H]1[C@H]2C(=O)N/N=C/c1ccc(OCc2ccc(Cl)cc2Cl)cc1. The van der Waals surface area contributed by atoms with Crippen LogP contribution in [0.4, 0.5) is 0 Å². The number of benzene rings is 2. The zero-order valence-electron chi connectivity index (χ0n) is 16.3. The fourth-order valence-corrected chi connectivity index (χ4v) is 5.00. The molecule has 152 valence electrons. The highest BCUT2D eigenvalue weighted by atomic mass is 35.5. The summed E-state index contributed by atoms with van der Waals surface area (Å²) in [4.78, 5) is 12.4. The van der Waals surface area contributed by atoms with Gasteiger partial charge in [-0.1, -0.05) is 49.0 Å². The molecular weight excluding hydrogens is 407 g/mol. The first-order valence-electron chi connectivity index (χ1n) is 9.97. The lowest BCUT2D eigenvalue weighted by molar-refractivity contribution is -0.123. The molecule has 0 aliphatic heterocycles. The first kappa shape index (κ1) is 20.2. The molecule has 0 bridgehead atoms. The van der Waals surface area contributed by atoms with E-state index in [0.717, 1.165) is 23.3 Å². The number of hydrazone groups is 1. The third kappa shape index (κ3) is 4.44. The molecule has 0 radical (unpaired) electrons.